The minimum Gasteiger partial charge on any atom is -0.493 e. The van der Waals surface area contributed by atoms with Gasteiger partial charge in [0.25, 0.3) is 0 Å². The van der Waals surface area contributed by atoms with Crippen molar-refractivity contribution in [2.45, 2.75) is 52.7 Å². The first-order chi connectivity index (χ1) is 14.4. The number of aliphatic hydroxyl groups excluding tert-OH is 1. The quantitative estimate of drug-likeness (QED) is 0.365. The van der Waals surface area contributed by atoms with Gasteiger partial charge in [-0.05, 0) is 81.0 Å². The topological polar surface area (TPSA) is 56.5 Å². The van der Waals surface area contributed by atoms with Gasteiger partial charge in [-0.25, -0.2) is 4.98 Å². The molecule has 0 amide bonds. The van der Waals surface area contributed by atoms with Crippen LogP contribution in [0.4, 0.5) is 0 Å². The molecular weight excluding hydrogens is 376 g/mol. The number of aliphatic hydroxyl groups is 1. The summed E-state index contributed by atoms with van der Waals surface area (Å²) in [5.74, 6) is 2.22. The van der Waals surface area contributed by atoms with Crippen molar-refractivity contribution in [1.82, 2.24) is 9.55 Å². The van der Waals surface area contributed by atoms with Crippen LogP contribution in [0.5, 0.6) is 11.5 Å². The summed E-state index contributed by atoms with van der Waals surface area (Å²) in [6.45, 7) is 11.1. The highest BCUT2D eigenvalue weighted by atomic mass is 16.5. The molecule has 0 aliphatic carbocycles. The Bertz CT molecular complexity index is 1020. The molecule has 5 nitrogen and oxygen atoms in total. The summed E-state index contributed by atoms with van der Waals surface area (Å²) in [6.07, 6.45) is 3.89. The first-order valence-electron chi connectivity index (χ1n) is 10.5. The van der Waals surface area contributed by atoms with E-state index in [1.54, 1.807) is 14.0 Å². The number of hydrogen-bond donors (Lipinski definition) is 1. The fourth-order valence-electron chi connectivity index (χ4n) is 3.63. The summed E-state index contributed by atoms with van der Waals surface area (Å²) in [6, 6.07) is 10.2. The summed E-state index contributed by atoms with van der Waals surface area (Å²) in [5, 5.41) is 10.2. The standard InChI is InChI=1S/C25H32N2O3/c1-6-9-20-10-11-23(24(16-20)29-5)30-13-8-7-12-27-22-15-18(3)17(2)14-21(22)26-25(27)19(4)28/h6,10-11,14-16,19,28H,1,7-9,12-13H2,2-5H3. The summed E-state index contributed by atoms with van der Waals surface area (Å²) in [5.41, 5.74) is 5.61. The van der Waals surface area contributed by atoms with Crippen LogP contribution in [0.1, 0.15) is 48.4 Å². The minimum atomic E-state index is -0.604. The Labute approximate surface area is 179 Å². The lowest BCUT2D eigenvalue weighted by Gasteiger charge is -2.13. The zero-order chi connectivity index (χ0) is 21.7. The molecule has 1 atom stereocenters. The second-order valence-electron chi connectivity index (χ2n) is 7.76. The number of ether oxygens (including phenoxy) is 2. The fraction of sp³-hybridized carbons (Fsp3) is 0.400. The second kappa shape index (κ2) is 9.81. The van der Waals surface area contributed by atoms with E-state index < -0.39 is 6.10 Å². The molecular formula is C25H32N2O3. The molecule has 5 heteroatoms. The van der Waals surface area contributed by atoms with E-state index in [-0.39, 0.29) is 0 Å². The maximum absolute atomic E-state index is 10.2. The van der Waals surface area contributed by atoms with E-state index in [2.05, 4.69) is 42.1 Å². The summed E-state index contributed by atoms with van der Waals surface area (Å²) in [7, 11) is 1.66. The molecule has 0 aliphatic heterocycles. The molecule has 1 heterocycles. The van der Waals surface area contributed by atoms with Crippen LogP contribution in [0, 0.1) is 13.8 Å². The van der Waals surface area contributed by atoms with Gasteiger partial charge in [-0.1, -0.05) is 12.1 Å². The Morgan fingerprint density at radius 3 is 2.60 bits per heavy atom. The van der Waals surface area contributed by atoms with Gasteiger partial charge in [0.2, 0.25) is 0 Å². The number of benzene rings is 2. The molecule has 0 fully saturated rings. The van der Waals surface area contributed by atoms with Crippen LogP contribution in [0.25, 0.3) is 11.0 Å². The summed E-state index contributed by atoms with van der Waals surface area (Å²) in [4.78, 5) is 4.66. The first-order valence-corrected chi connectivity index (χ1v) is 10.5. The Balaban J connectivity index is 1.63. The molecule has 0 spiro atoms. The number of aromatic nitrogens is 2. The van der Waals surface area contributed by atoms with Gasteiger partial charge < -0.3 is 19.1 Å². The van der Waals surface area contributed by atoms with Crippen molar-refractivity contribution in [3.63, 3.8) is 0 Å². The molecule has 0 saturated heterocycles. The van der Waals surface area contributed by atoms with E-state index in [0.717, 1.165) is 59.7 Å². The Kier molecular flexibility index (Phi) is 7.16. The monoisotopic (exact) mass is 408 g/mol. The fourth-order valence-corrected chi connectivity index (χ4v) is 3.63. The number of rotatable bonds is 10. The highest BCUT2D eigenvalue weighted by Crippen LogP contribution is 2.29. The SMILES string of the molecule is C=CCc1ccc(OCCCCn2c(C(C)O)nc3cc(C)c(C)cc32)c(OC)c1. The van der Waals surface area contributed by atoms with E-state index in [1.165, 1.54) is 11.1 Å². The largest absolute Gasteiger partial charge is 0.493 e. The van der Waals surface area contributed by atoms with Crippen LogP contribution in [0.3, 0.4) is 0 Å². The molecule has 0 saturated carbocycles. The first kappa shape index (κ1) is 21.9. The Morgan fingerprint density at radius 1 is 1.13 bits per heavy atom. The summed E-state index contributed by atoms with van der Waals surface area (Å²) < 4.78 is 13.6. The van der Waals surface area contributed by atoms with Crippen LogP contribution in [0.2, 0.25) is 0 Å². The number of allylic oxidation sites excluding steroid dienone is 1. The number of methoxy groups -OCH3 is 1. The molecule has 0 aliphatic rings. The third kappa shape index (κ3) is 4.85. The molecule has 1 N–H and O–H groups in total. The molecule has 30 heavy (non-hydrogen) atoms. The molecule has 1 aromatic heterocycles. The number of fused-ring (bicyclic) bond motifs is 1. The van der Waals surface area contributed by atoms with Crippen molar-refractivity contribution in [2.24, 2.45) is 0 Å². The number of aryl methyl sites for hydroxylation is 3. The van der Waals surface area contributed by atoms with Crippen LogP contribution in [-0.4, -0.2) is 28.4 Å². The van der Waals surface area contributed by atoms with Gasteiger partial charge in [0.15, 0.2) is 11.5 Å². The minimum absolute atomic E-state index is 0.603. The van der Waals surface area contributed by atoms with Crippen molar-refractivity contribution in [3.8, 4) is 11.5 Å². The van der Waals surface area contributed by atoms with Gasteiger partial charge in [0.05, 0.1) is 24.8 Å². The summed E-state index contributed by atoms with van der Waals surface area (Å²) >= 11 is 0. The molecule has 0 radical (unpaired) electrons. The van der Waals surface area contributed by atoms with Gasteiger partial charge in [-0.15, -0.1) is 6.58 Å². The van der Waals surface area contributed by atoms with Crippen molar-refractivity contribution >= 4 is 11.0 Å². The average molecular weight is 409 g/mol. The van der Waals surface area contributed by atoms with Crippen LogP contribution in [0.15, 0.2) is 43.0 Å². The average Bonchev–Trinajstić information content (AvgIpc) is 3.06. The van der Waals surface area contributed by atoms with Crippen molar-refractivity contribution < 1.29 is 14.6 Å². The zero-order valence-corrected chi connectivity index (χ0v) is 18.4. The highest BCUT2D eigenvalue weighted by molar-refractivity contribution is 5.78. The van der Waals surface area contributed by atoms with Gasteiger partial charge in [0.1, 0.15) is 11.9 Å². The predicted molar refractivity (Wildman–Crippen MR) is 121 cm³/mol. The lowest BCUT2D eigenvalue weighted by atomic mass is 10.1. The van der Waals surface area contributed by atoms with Gasteiger partial charge in [0, 0.05) is 6.54 Å². The molecule has 0 bridgehead atoms. The Hall–Kier alpha value is -2.79. The lowest BCUT2D eigenvalue weighted by Crippen LogP contribution is -2.08. The third-order valence-electron chi connectivity index (χ3n) is 5.41. The highest BCUT2D eigenvalue weighted by Gasteiger charge is 2.15. The van der Waals surface area contributed by atoms with E-state index in [0.29, 0.717) is 6.61 Å². The van der Waals surface area contributed by atoms with E-state index in [9.17, 15) is 5.11 Å². The van der Waals surface area contributed by atoms with E-state index in [1.807, 2.05) is 24.3 Å². The molecule has 2 aromatic carbocycles. The maximum Gasteiger partial charge on any atom is 0.161 e. The lowest BCUT2D eigenvalue weighted by molar-refractivity contribution is 0.184. The van der Waals surface area contributed by atoms with Crippen LogP contribution >= 0.6 is 0 Å². The smallest absolute Gasteiger partial charge is 0.161 e. The van der Waals surface area contributed by atoms with Gasteiger partial charge in [-0.3, -0.25) is 0 Å². The number of unbranched alkanes of at least 4 members (excludes halogenated alkanes) is 1. The van der Waals surface area contributed by atoms with Crippen LogP contribution in [-0.2, 0) is 13.0 Å². The van der Waals surface area contributed by atoms with Crippen molar-refractivity contribution in [3.05, 3.63) is 65.5 Å². The second-order valence-corrected chi connectivity index (χ2v) is 7.76. The van der Waals surface area contributed by atoms with Gasteiger partial charge in [-0.2, -0.15) is 0 Å². The number of imidazole rings is 1. The van der Waals surface area contributed by atoms with Crippen molar-refractivity contribution in [1.29, 1.82) is 0 Å². The normalized spacial score (nSPS) is 12.2. The van der Waals surface area contributed by atoms with E-state index in [4.69, 9.17) is 9.47 Å². The number of hydrogen-bond acceptors (Lipinski definition) is 4. The predicted octanol–water partition coefficient (Wildman–Crippen LogP) is 5.30. The maximum atomic E-state index is 10.2. The molecule has 3 aromatic rings. The Morgan fingerprint density at radius 2 is 1.90 bits per heavy atom. The van der Waals surface area contributed by atoms with Crippen molar-refractivity contribution in [2.75, 3.05) is 13.7 Å². The zero-order valence-electron chi connectivity index (χ0n) is 18.4. The van der Waals surface area contributed by atoms with Gasteiger partial charge >= 0.3 is 0 Å². The third-order valence-corrected chi connectivity index (χ3v) is 5.41. The number of nitrogens with zero attached hydrogens (tertiary/aromatic N) is 2. The molecule has 3 rings (SSSR count). The molecule has 1 unspecified atom stereocenters. The molecule has 160 valence electrons. The van der Waals surface area contributed by atoms with E-state index >= 15 is 0 Å². The van der Waals surface area contributed by atoms with Crippen LogP contribution < -0.4 is 9.47 Å².